The zero-order valence-electron chi connectivity index (χ0n) is 13.2. The van der Waals surface area contributed by atoms with Crippen molar-refractivity contribution in [2.75, 3.05) is 19.6 Å². The zero-order valence-corrected chi connectivity index (χ0v) is 13.2. The highest BCUT2D eigenvalue weighted by molar-refractivity contribution is 5.82. The van der Waals surface area contributed by atoms with Crippen LogP contribution in [0.2, 0.25) is 0 Å². The summed E-state index contributed by atoms with van der Waals surface area (Å²) in [6, 6.07) is 0. The van der Waals surface area contributed by atoms with E-state index < -0.39 is 0 Å². The van der Waals surface area contributed by atoms with Crippen molar-refractivity contribution in [3.63, 3.8) is 0 Å². The van der Waals surface area contributed by atoms with Crippen LogP contribution in [0.1, 0.15) is 53.4 Å². The van der Waals surface area contributed by atoms with Crippen molar-refractivity contribution in [3.8, 4) is 0 Å². The molecule has 0 spiro atoms. The Bertz CT molecular complexity index is 302. The highest BCUT2D eigenvalue weighted by atomic mass is 16.1. The Morgan fingerprint density at radius 2 is 1.79 bits per heavy atom. The third-order valence-electron chi connectivity index (χ3n) is 5.17. The SMILES string of the molecule is CC1CC(C)CN(CC2CC(C(C)C)CCC2=O)C1. The van der Waals surface area contributed by atoms with Crippen LogP contribution in [0, 0.1) is 29.6 Å². The maximum Gasteiger partial charge on any atom is 0.137 e. The van der Waals surface area contributed by atoms with E-state index in [4.69, 9.17) is 0 Å². The molecule has 1 saturated heterocycles. The molecular weight excluding hydrogens is 234 g/mol. The third kappa shape index (κ3) is 4.05. The molecule has 0 radical (unpaired) electrons. The number of carbonyl (C=O) groups excluding carboxylic acids is 1. The minimum Gasteiger partial charge on any atom is -0.302 e. The lowest BCUT2D eigenvalue weighted by Crippen LogP contribution is -2.44. The van der Waals surface area contributed by atoms with Gasteiger partial charge >= 0.3 is 0 Å². The van der Waals surface area contributed by atoms with Crippen molar-refractivity contribution in [2.45, 2.75) is 53.4 Å². The van der Waals surface area contributed by atoms with Gasteiger partial charge in [0.1, 0.15) is 5.78 Å². The molecule has 4 atom stereocenters. The van der Waals surface area contributed by atoms with Crippen LogP contribution in [-0.2, 0) is 4.79 Å². The van der Waals surface area contributed by atoms with Gasteiger partial charge in [-0.1, -0.05) is 27.7 Å². The number of carbonyl (C=O) groups is 1. The average molecular weight is 265 g/mol. The molecule has 1 heterocycles. The summed E-state index contributed by atoms with van der Waals surface area (Å²) in [7, 11) is 0. The normalized spacial score (nSPS) is 37.8. The smallest absolute Gasteiger partial charge is 0.137 e. The molecule has 0 amide bonds. The van der Waals surface area contributed by atoms with Crippen LogP contribution in [0.4, 0.5) is 0 Å². The first-order chi connectivity index (χ1) is 8.95. The van der Waals surface area contributed by atoms with Gasteiger partial charge in [-0.25, -0.2) is 0 Å². The number of nitrogens with zero attached hydrogens (tertiary/aromatic N) is 1. The standard InChI is InChI=1S/C17H31NO/c1-12(2)15-5-6-17(19)16(8-15)11-18-9-13(3)7-14(4)10-18/h12-16H,5-11H2,1-4H3. The summed E-state index contributed by atoms with van der Waals surface area (Å²) in [6.45, 7) is 12.7. The number of piperidine rings is 1. The summed E-state index contributed by atoms with van der Waals surface area (Å²) < 4.78 is 0. The van der Waals surface area contributed by atoms with Gasteiger partial charge in [0.2, 0.25) is 0 Å². The maximum atomic E-state index is 12.2. The van der Waals surface area contributed by atoms with Gasteiger partial charge in [-0.3, -0.25) is 4.79 Å². The van der Waals surface area contributed by atoms with Gasteiger partial charge in [-0.2, -0.15) is 0 Å². The molecule has 1 aliphatic heterocycles. The van der Waals surface area contributed by atoms with Crippen molar-refractivity contribution in [1.82, 2.24) is 4.90 Å². The molecule has 2 rings (SSSR count). The number of likely N-dealkylation sites (tertiary alicyclic amines) is 1. The van der Waals surface area contributed by atoms with E-state index in [1.165, 1.54) is 19.5 Å². The van der Waals surface area contributed by atoms with Crippen LogP contribution in [0.15, 0.2) is 0 Å². The summed E-state index contributed by atoms with van der Waals surface area (Å²) in [5.74, 6) is 3.94. The molecule has 1 aliphatic carbocycles. The second-order valence-electron chi connectivity index (χ2n) is 7.61. The van der Waals surface area contributed by atoms with Crippen molar-refractivity contribution < 1.29 is 4.79 Å². The molecular formula is C17H31NO. The lowest BCUT2D eigenvalue weighted by atomic mass is 9.75. The third-order valence-corrected chi connectivity index (χ3v) is 5.17. The lowest BCUT2D eigenvalue weighted by molar-refractivity contribution is -0.127. The first kappa shape index (κ1) is 15.0. The number of hydrogen-bond donors (Lipinski definition) is 0. The molecule has 0 aromatic carbocycles. The Balaban J connectivity index is 1.91. The largest absolute Gasteiger partial charge is 0.302 e. The van der Waals surface area contributed by atoms with E-state index in [1.54, 1.807) is 0 Å². The molecule has 110 valence electrons. The minimum atomic E-state index is 0.318. The van der Waals surface area contributed by atoms with Crippen LogP contribution < -0.4 is 0 Å². The summed E-state index contributed by atoms with van der Waals surface area (Å²) >= 11 is 0. The topological polar surface area (TPSA) is 20.3 Å². The Labute approximate surface area is 118 Å². The van der Waals surface area contributed by atoms with Crippen LogP contribution in [0.3, 0.4) is 0 Å². The Morgan fingerprint density at radius 1 is 1.16 bits per heavy atom. The molecule has 0 N–H and O–H groups in total. The first-order valence-electron chi connectivity index (χ1n) is 8.20. The quantitative estimate of drug-likeness (QED) is 0.777. The van der Waals surface area contributed by atoms with E-state index in [0.717, 1.165) is 49.5 Å². The summed E-state index contributed by atoms with van der Waals surface area (Å²) in [5.41, 5.74) is 0. The van der Waals surface area contributed by atoms with Gasteiger partial charge in [0.25, 0.3) is 0 Å². The molecule has 2 nitrogen and oxygen atoms in total. The molecule has 0 aromatic rings. The second kappa shape index (κ2) is 6.39. The summed E-state index contributed by atoms with van der Waals surface area (Å²) in [5, 5.41) is 0. The fourth-order valence-corrected chi connectivity index (χ4v) is 4.18. The molecule has 2 fully saturated rings. The van der Waals surface area contributed by atoms with E-state index in [9.17, 15) is 4.79 Å². The molecule has 1 saturated carbocycles. The van der Waals surface area contributed by atoms with Gasteiger partial charge in [-0.15, -0.1) is 0 Å². The van der Waals surface area contributed by atoms with E-state index in [0.29, 0.717) is 11.7 Å². The van der Waals surface area contributed by atoms with Gasteiger partial charge in [0, 0.05) is 32.0 Å². The van der Waals surface area contributed by atoms with E-state index >= 15 is 0 Å². The average Bonchev–Trinajstić information content (AvgIpc) is 2.30. The fourth-order valence-electron chi connectivity index (χ4n) is 4.18. The minimum absolute atomic E-state index is 0.318. The molecule has 2 heteroatoms. The monoisotopic (exact) mass is 265 g/mol. The second-order valence-corrected chi connectivity index (χ2v) is 7.61. The van der Waals surface area contributed by atoms with Crippen LogP contribution in [0.25, 0.3) is 0 Å². The Morgan fingerprint density at radius 3 is 2.37 bits per heavy atom. The summed E-state index contributed by atoms with van der Waals surface area (Å²) in [4.78, 5) is 14.7. The van der Waals surface area contributed by atoms with E-state index in [-0.39, 0.29) is 0 Å². The molecule has 2 aliphatic rings. The van der Waals surface area contributed by atoms with Gasteiger partial charge in [0.15, 0.2) is 0 Å². The van der Waals surface area contributed by atoms with Crippen LogP contribution in [0.5, 0.6) is 0 Å². The fraction of sp³-hybridized carbons (Fsp3) is 0.941. The highest BCUT2D eigenvalue weighted by Crippen LogP contribution is 2.33. The van der Waals surface area contributed by atoms with Crippen LogP contribution >= 0.6 is 0 Å². The van der Waals surface area contributed by atoms with Crippen molar-refractivity contribution in [3.05, 3.63) is 0 Å². The number of ketones is 1. The maximum absolute atomic E-state index is 12.2. The molecule has 4 unspecified atom stereocenters. The van der Waals surface area contributed by atoms with E-state index in [1.807, 2.05) is 0 Å². The molecule has 0 bridgehead atoms. The zero-order chi connectivity index (χ0) is 14.0. The molecule has 19 heavy (non-hydrogen) atoms. The van der Waals surface area contributed by atoms with Crippen molar-refractivity contribution in [1.29, 1.82) is 0 Å². The van der Waals surface area contributed by atoms with Crippen molar-refractivity contribution >= 4 is 5.78 Å². The number of hydrogen-bond acceptors (Lipinski definition) is 2. The Hall–Kier alpha value is -0.370. The Kier molecular flexibility index (Phi) is 5.05. The van der Waals surface area contributed by atoms with Gasteiger partial charge in [0.05, 0.1) is 0 Å². The predicted octanol–water partition coefficient (Wildman–Crippen LogP) is 3.61. The molecule has 0 aromatic heterocycles. The van der Waals surface area contributed by atoms with Crippen LogP contribution in [-0.4, -0.2) is 30.3 Å². The number of Topliss-reactive ketones (excluding diaryl/α,β-unsaturated/α-hetero) is 1. The van der Waals surface area contributed by atoms with E-state index in [2.05, 4.69) is 32.6 Å². The predicted molar refractivity (Wildman–Crippen MR) is 80.1 cm³/mol. The first-order valence-corrected chi connectivity index (χ1v) is 8.20. The highest BCUT2D eigenvalue weighted by Gasteiger charge is 2.32. The van der Waals surface area contributed by atoms with Gasteiger partial charge < -0.3 is 4.90 Å². The lowest BCUT2D eigenvalue weighted by Gasteiger charge is -2.39. The number of rotatable bonds is 3. The van der Waals surface area contributed by atoms with Crippen molar-refractivity contribution in [2.24, 2.45) is 29.6 Å². The van der Waals surface area contributed by atoms with Gasteiger partial charge in [-0.05, 0) is 42.9 Å². The summed E-state index contributed by atoms with van der Waals surface area (Å²) in [6.07, 6.45) is 4.44.